The summed E-state index contributed by atoms with van der Waals surface area (Å²) in [5.74, 6) is -0.0381. The number of amides is 1. The number of hydrogen-bond acceptors (Lipinski definition) is 4. The minimum absolute atomic E-state index is 0.311. The van der Waals surface area contributed by atoms with Gasteiger partial charge >= 0.3 is 0 Å². The minimum atomic E-state index is -3.67. The van der Waals surface area contributed by atoms with Gasteiger partial charge in [0.1, 0.15) is 5.75 Å². The molecular formula is C15H24ClN3O4S. The molecule has 0 heterocycles. The fraction of sp³-hybridized carbons (Fsp3) is 0.533. The van der Waals surface area contributed by atoms with Crippen LogP contribution in [-0.2, 0) is 15.0 Å². The van der Waals surface area contributed by atoms with Crippen LogP contribution in [0.1, 0.15) is 19.8 Å². The highest BCUT2D eigenvalue weighted by atomic mass is 35.5. The maximum absolute atomic E-state index is 12.3. The Morgan fingerprint density at radius 2 is 1.96 bits per heavy atom. The van der Waals surface area contributed by atoms with E-state index in [1.807, 2.05) is 6.92 Å². The van der Waals surface area contributed by atoms with E-state index in [0.717, 1.165) is 17.1 Å². The van der Waals surface area contributed by atoms with Crippen LogP contribution in [-0.4, -0.2) is 57.2 Å². The highest BCUT2D eigenvalue weighted by Gasteiger charge is 2.25. The largest absolute Gasteiger partial charge is 0.495 e. The molecule has 1 rings (SSSR count). The Morgan fingerprint density at radius 1 is 1.29 bits per heavy atom. The smallest absolute Gasteiger partial charge is 0.281 e. The zero-order valence-corrected chi connectivity index (χ0v) is 15.9. The third-order valence-corrected chi connectivity index (χ3v) is 5.54. The summed E-state index contributed by atoms with van der Waals surface area (Å²) < 4.78 is 32.0. The maximum Gasteiger partial charge on any atom is 0.281 e. The second-order valence-electron chi connectivity index (χ2n) is 5.33. The van der Waals surface area contributed by atoms with E-state index in [1.54, 1.807) is 18.2 Å². The zero-order valence-electron chi connectivity index (χ0n) is 14.4. The third-order valence-electron chi connectivity index (χ3n) is 3.42. The first-order valence-corrected chi connectivity index (χ1v) is 9.30. The molecule has 0 unspecified atom stereocenters. The van der Waals surface area contributed by atoms with Crippen LogP contribution in [0.3, 0.4) is 0 Å². The summed E-state index contributed by atoms with van der Waals surface area (Å²) in [6, 6.07) is 4.80. The Labute approximate surface area is 148 Å². The third kappa shape index (κ3) is 5.62. The molecule has 0 radical (unpaired) electrons. The number of carbonyl (C=O) groups excluding carboxylic acids is 1. The van der Waals surface area contributed by atoms with E-state index in [0.29, 0.717) is 23.0 Å². The lowest BCUT2D eigenvalue weighted by molar-refractivity contribution is -0.116. The van der Waals surface area contributed by atoms with Gasteiger partial charge < -0.3 is 10.1 Å². The van der Waals surface area contributed by atoms with Crippen LogP contribution < -0.4 is 10.1 Å². The molecule has 0 fully saturated rings. The number of rotatable bonds is 9. The molecule has 0 atom stereocenters. The molecule has 0 aromatic heterocycles. The Bertz CT molecular complexity index is 667. The zero-order chi connectivity index (χ0) is 18.3. The number of hydrogen-bond donors (Lipinski definition) is 1. The summed E-state index contributed by atoms with van der Waals surface area (Å²) in [5.41, 5.74) is 0.389. The van der Waals surface area contributed by atoms with Crippen molar-refractivity contribution >= 4 is 33.4 Å². The van der Waals surface area contributed by atoms with E-state index < -0.39 is 16.1 Å². The molecule has 9 heteroatoms. The average Bonchev–Trinajstić information content (AvgIpc) is 2.52. The SMILES string of the molecule is CCCCN(C)S(=O)(=O)N(C)CC(=O)Nc1cc(Cl)ccc1OC. The van der Waals surface area contributed by atoms with Crippen LogP contribution in [0.5, 0.6) is 5.75 Å². The van der Waals surface area contributed by atoms with Gasteiger partial charge in [0, 0.05) is 25.7 Å². The van der Waals surface area contributed by atoms with Crippen LogP contribution in [0.15, 0.2) is 18.2 Å². The van der Waals surface area contributed by atoms with Crippen LogP contribution >= 0.6 is 11.6 Å². The number of ether oxygens (including phenoxy) is 1. The van der Waals surface area contributed by atoms with Crippen molar-refractivity contribution in [3.8, 4) is 5.75 Å². The molecule has 1 aromatic rings. The molecule has 0 aliphatic heterocycles. The molecule has 1 aromatic carbocycles. The summed E-state index contributed by atoms with van der Waals surface area (Å²) >= 11 is 5.91. The van der Waals surface area contributed by atoms with Crippen molar-refractivity contribution in [3.63, 3.8) is 0 Å². The number of carbonyl (C=O) groups is 1. The standard InChI is InChI=1S/C15H24ClN3O4S/c1-5-6-9-18(2)24(21,22)19(3)11-15(20)17-13-10-12(16)7-8-14(13)23-4/h7-8,10H,5-6,9,11H2,1-4H3,(H,17,20). The molecule has 0 saturated heterocycles. The van der Waals surface area contributed by atoms with Gasteiger partial charge in [0.15, 0.2) is 0 Å². The summed E-state index contributed by atoms with van der Waals surface area (Å²) in [6.07, 6.45) is 1.65. The summed E-state index contributed by atoms with van der Waals surface area (Å²) in [4.78, 5) is 12.2. The van der Waals surface area contributed by atoms with E-state index in [1.165, 1.54) is 25.5 Å². The number of benzene rings is 1. The molecular weight excluding hydrogens is 354 g/mol. The average molecular weight is 378 g/mol. The van der Waals surface area contributed by atoms with Crippen LogP contribution in [0.25, 0.3) is 0 Å². The molecule has 0 aliphatic carbocycles. The van der Waals surface area contributed by atoms with Gasteiger partial charge in [-0.2, -0.15) is 17.0 Å². The first kappa shape index (κ1) is 20.7. The predicted octanol–water partition coefficient (Wildman–Crippen LogP) is 2.20. The van der Waals surface area contributed by atoms with E-state index in [-0.39, 0.29) is 6.54 Å². The molecule has 0 bridgehead atoms. The fourth-order valence-corrected chi connectivity index (χ4v) is 3.27. The van der Waals surface area contributed by atoms with Crippen molar-refractivity contribution in [3.05, 3.63) is 23.2 Å². The molecule has 0 spiro atoms. The number of anilines is 1. The van der Waals surface area contributed by atoms with Gasteiger partial charge in [-0.15, -0.1) is 0 Å². The highest BCUT2D eigenvalue weighted by molar-refractivity contribution is 7.86. The highest BCUT2D eigenvalue weighted by Crippen LogP contribution is 2.27. The van der Waals surface area contributed by atoms with E-state index in [4.69, 9.17) is 16.3 Å². The summed E-state index contributed by atoms with van der Waals surface area (Å²) in [7, 11) is 0.664. The van der Waals surface area contributed by atoms with Gasteiger partial charge in [0.05, 0.1) is 19.3 Å². The van der Waals surface area contributed by atoms with Crippen molar-refractivity contribution in [1.29, 1.82) is 0 Å². The number of unbranched alkanes of at least 4 members (excludes halogenated alkanes) is 1. The lowest BCUT2D eigenvalue weighted by atomic mass is 10.3. The lowest BCUT2D eigenvalue weighted by Crippen LogP contribution is -2.43. The van der Waals surface area contributed by atoms with Crippen molar-refractivity contribution in [1.82, 2.24) is 8.61 Å². The van der Waals surface area contributed by atoms with E-state index in [9.17, 15) is 13.2 Å². The number of likely N-dealkylation sites (N-methyl/N-ethyl adjacent to an activating group) is 1. The van der Waals surface area contributed by atoms with E-state index in [2.05, 4.69) is 5.32 Å². The van der Waals surface area contributed by atoms with Crippen molar-refractivity contribution < 1.29 is 17.9 Å². The fourth-order valence-electron chi connectivity index (χ4n) is 1.99. The summed E-state index contributed by atoms with van der Waals surface area (Å²) in [5, 5.41) is 3.05. The molecule has 1 N–H and O–H groups in total. The van der Waals surface area contributed by atoms with Gasteiger partial charge in [-0.1, -0.05) is 24.9 Å². The van der Waals surface area contributed by atoms with Gasteiger partial charge in [0.2, 0.25) is 5.91 Å². The van der Waals surface area contributed by atoms with Crippen molar-refractivity contribution in [2.45, 2.75) is 19.8 Å². The Balaban J connectivity index is 2.75. The molecule has 136 valence electrons. The first-order chi connectivity index (χ1) is 11.2. The van der Waals surface area contributed by atoms with Crippen LogP contribution in [0.2, 0.25) is 5.02 Å². The quantitative estimate of drug-likeness (QED) is 0.715. The number of nitrogens with zero attached hydrogens (tertiary/aromatic N) is 2. The minimum Gasteiger partial charge on any atom is -0.495 e. The van der Waals surface area contributed by atoms with Gasteiger partial charge in [-0.25, -0.2) is 0 Å². The maximum atomic E-state index is 12.3. The first-order valence-electron chi connectivity index (χ1n) is 7.53. The second-order valence-corrected chi connectivity index (χ2v) is 7.91. The van der Waals surface area contributed by atoms with Crippen molar-refractivity contribution in [2.75, 3.05) is 39.6 Å². The van der Waals surface area contributed by atoms with Crippen LogP contribution in [0, 0.1) is 0 Å². The number of nitrogens with one attached hydrogen (secondary N) is 1. The molecule has 24 heavy (non-hydrogen) atoms. The van der Waals surface area contributed by atoms with Gasteiger partial charge in [-0.3, -0.25) is 4.79 Å². The monoisotopic (exact) mass is 377 g/mol. The normalized spacial score (nSPS) is 11.8. The van der Waals surface area contributed by atoms with Gasteiger partial charge in [0.25, 0.3) is 10.2 Å². The molecule has 1 amide bonds. The second kappa shape index (κ2) is 9.22. The van der Waals surface area contributed by atoms with Crippen LogP contribution in [0.4, 0.5) is 5.69 Å². The Hall–Kier alpha value is -1.35. The Kier molecular flexibility index (Phi) is 7.95. The molecule has 0 saturated carbocycles. The van der Waals surface area contributed by atoms with Gasteiger partial charge in [-0.05, 0) is 24.6 Å². The summed E-state index contributed by atoms with van der Waals surface area (Å²) in [6.45, 7) is 2.08. The number of methoxy groups -OCH3 is 1. The Morgan fingerprint density at radius 3 is 2.54 bits per heavy atom. The molecule has 0 aliphatic rings. The molecule has 7 nitrogen and oxygen atoms in total. The lowest BCUT2D eigenvalue weighted by Gasteiger charge is -2.24. The number of halogens is 1. The van der Waals surface area contributed by atoms with Crippen molar-refractivity contribution in [2.24, 2.45) is 0 Å². The topological polar surface area (TPSA) is 79.0 Å². The van der Waals surface area contributed by atoms with E-state index >= 15 is 0 Å². The predicted molar refractivity (Wildman–Crippen MR) is 95.7 cm³/mol.